The van der Waals surface area contributed by atoms with Crippen molar-refractivity contribution in [2.45, 2.75) is 18.4 Å². The Bertz CT molecular complexity index is 444. The zero-order valence-corrected chi connectivity index (χ0v) is 11.0. The van der Waals surface area contributed by atoms with Crippen molar-refractivity contribution in [1.29, 1.82) is 0 Å². The minimum absolute atomic E-state index is 0.0176. The van der Waals surface area contributed by atoms with Crippen LogP contribution in [0.2, 0.25) is 10.0 Å². The van der Waals surface area contributed by atoms with Gasteiger partial charge in [-0.25, -0.2) is 0 Å². The average Bonchev–Trinajstić information content (AvgIpc) is 2.98. The first-order valence-electron chi connectivity index (χ1n) is 5.48. The summed E-state index contributed by atoms with van der Waals surface area (Å²) in [7, 11) is 1.74. The molecule has 0 bridgehead atoms. The lowest BCUT2D eigenvalue weighted by molar-refractivity contribution is -0.121. The van der Waals surface area contributed by atoms with E-state index in [1.54, 1.807) is 19.2 Å². The van der Waals surface area contributed by atoms with Gasteiger partial charge >= 0.3 is 0 Å². The molecule has 1 aliphatic carbocycles. The second kappa shape index (κ2) is 4.84. The molecule has 0 heterocycles. The Labute approximate surface area is 110 Å². The van der Waals surface area contributed by atoms with Crippen molar-refractivity contribution in [2.24, 2.45) is 0 Å². The van der Waals surface area contributed by atoms with Gasteiger partial charge in [-0.2, -0.15) is 0 Å². The van der Waals surface area contributed by atoms with Crippen LogP contribution in [-0.2, 0) is 10.3 Å². The maximum atomic E-state index is 11.6. The minimum Gasteiger partial charge on any atom is -0.345 e. The van der Waals surface area contributed by atoms with E-state index in [0.717, 1.165) is 18.4 Å². The van der Waals surface area contributed by atoms with Gasteiger partial charge in [0.1, 0.15) is 0 Å². The van der Waals surface area contributed by atoms with Gasteiger partial charge in [0, 0.05) is 10.0 Å². The lowest BCUT2D eigenvalue weighted by atomic mass is 10.0. The highest BCUT2D eigenvalue weighted by molar-refractivity contribution is 6.35. The van der Waals surface area contributed by atoms with E-state index >= 15 is 0 Å². The van der Waals surface area contributed by atoms with Gasteiger partial charge in [0.2, 0.25) is 5.91 Å². The first-order valence-corrected chi connectivity index (χ1v) is 6.24. The van der Waals surface area contributed by atoms with Crippen LogP contribution in [0.4, 0.5) is 0 Å². The summed E-state index contributed by atoms with van der Waals surface area (Å²) in [5, 5.41) is 7.06. The lowest BCUT2D eigenvalue weighted by Crippen LogP contribution is -2.39. The molecule has 0 saturated heterocycles. The summed E-state index contributed by atoms with van der Waals surface area (Å²) < 4.78 is 0. The van der Waals surface area contributed by atoms with Crippen molar-refractivity contribution < 1.29 is 4.79 Å². The van der Waals surface area contributed by atoms with Gasteiger partial charge in [-0.1, -0.05) is 29.3 Å². The van der Waals surface area contributed by atoms with Crippen LogP contribution >= 0.6 is 23.2 Å². The smallest absolute Gasteiger partial charge is 0.234 e. The van der Waals surface area contributed by atoms with E-state index in [0.29, 0.717) is 16.6 Å². The molecular formula is C12H14Cl2N2O. The maximum Gasteiger partial charge on any atom is 0.234 e. The van der Waals surface area contributed by atoms with Crippen LogP contribution < -0.4 is 10.6 Å². The molecule has 3 nitrogen and oxygen atoms in total. The number of nitrogens with one attached hydrogen (secondary N) is 2. The van der Waals surface area contributed by atoms with Crippen LogP contribution in [-0.4, -0.2) is 19.5 Å². The summed E-state index contributed by atoms with van der Waals surface area (Å²) >= 11 is 12.0. The molecule has 17 heavy (non-hydrogen) atoms. The third kappa shape index (κ3) is 2.73. The van der Waals surface area contributed by atoms with E-state index in [2.05, 4.69) is 10.6 Å². The molecule has 0 aromatic heterocycles. The second-order valence-electron chi connectivity index (χ2n) is 4.28. The molecule has 0 spiro atoms. The number of hydrogen-bond donors (Lipinski definition) is 2. The predicted molar refractivity (Wildman–Crippen MR) is 69.4 cm³/mol. The average molecular weight is 273 g/mol. The first kappa shape index (κ1) is 12.7. The van der Waals surface area contributed by atoms with E-state index in [9.17, 15) is 4.79 Å². The summed E-state index contributed by atoms with van der Waals surface area (Å²) in [6, 6.07) is 5.40. The van der Waals surface area contributed by atoms with Crippen molar-refractivity contribution in [1.82, 2.24) is 10.6 Å². The fourth-order valence-corrected chi connectivity index (χ4v) is 2.53. The zero-order chi connectivity index (χ0) is 12.5. The van der Waals surface area contributed by atoms with Crippen LogP contribution in [0.15, 0.2) is 18.2 Å². The third-order valence-corrected chi connectivity index (χ3v) is 3.46. The van der Waals surface area contributed by atoms with Crippen molar-refractivity contribution in [3.05, 3.63) is 33.8 Å². The van der Waals surface area contributed by atoms with Crippen LogP contribution in [0.1, 0.15) is 18.4 Å². The number of hydrogen-bond acceptors (Lipinski definition) is 2. The molecule has 0 unspecified atom stereocenters. The first-order chi connectivity index (χ1) is 8.07. The van der Waals surface area contributed by atoms with Crippen molar-refractivity contribution >= 4 is 29.1 Å². The zero-order valence-electron chi connectivity index (χ0n) is 9.52. The molecule has 5 heteroatoms. The summed E-state index contributed by atoms with van der Waals surface area (Å²) in [6.07, 6.45) is 1.84. The number of rotatable bonds is 4. The van der Waals surface area contributed by atoms with E-state index in [-0.39, 0.29) is 11.4 Å². The molecule has 2 N–H and O–H groups in total. The normalized spacial score (nSPS) is 16.6. The SMILES string of the molecule is CNCC(=O)NC1(c2ccc(Cl)cc2Cl)CC1. The van der Waals surface area contributed by atoms with Crippen LogP contribution in [0.3, 0.4) is 0 Å². The molecule has 1 aliphatic rings. The van der Waals surface area contributed by atoms with E-state index in [1.807, 2.05) is 6.07 Å². The summed E-state index contributed by atoms with van der Waals surface area (Å²) in [4.78, 5) is 11.6. The molecule has 1 amide bonds. The Hall–Kier alpha value is -0.770. The Morgan fingerprint density at radius 2 is 2.12 bits per heavy atom. The molecule has 0 aliphatic heterocycles. The summed E-state index contributed by atoms with van der Waals surface area (Å²) in [5.74, 6) is -0.0176. The summed E-state index contributed by atoms with van der Waals surface area (Å²) in [5.41, 5.74) is 0.670. The van der Waals surface area contributed by atoms with E-state index in [4.69, 9.17) is 23.2 Å². The standard InChI is InChI=1S/C12H14Cl2N2O/c1-15-7-11(17)16-12(4-5-12)9-3-2-8(13)6-10(9)14/h2-3,6,15H,4-5,7H2,1H3,(H,16,17). The molecule has 2 rings (SSSR count). The number of amides is 1. The molecule has 0 atom stereocenters. The molecule has 1 aromatic rings. The molecule has 92 valence electrons. The quantitative estimate of drug-likeness (QED) is 0.884. The molecule has 1 aromatic carbocycles. The van der Waals surface area contributed by atoms with Gasteiger partial charge in [0.05, 0.1) is 12.1 Å². The molecule has 1 saturated carbocycles. The minimum atomic E-state index is -0.282. The fourth-order valence-electron chi connectivity index (χ4n) is 1.94. The van der Waals surface area contributed by atoms with E-state index in [1.165, 1.54) is 0 Å². The van der Waals surface area contributed by atoms with Crippen molar-refractivity contribution in [2.75, 3.05) is 13.6 Å². The van der Waals surface area contributed by atoms with Gasteiger partial charge in [-0.3, -0.25) is 4.79 Å². The Kier molecular flexibility index (Phi) is 3.61. The van der Waals surface area contributed by atoms with Gasteiger partial charge in [0.15, 0.2) is 0 Å². The molecule has 0 radical (unpaired) electrons. The number of carbonyl (C=O) groups excluding carboxylic acids is 1. The number of benzene rings is 1. The van der Waals surface area contributed by atoms with Crippen molar-refractivity contribution in [3.63, 3.8) is 0 Å². The third-order valence-electron chi connectivity index (χ3n) is 2.91. The van der Waals surface area contributed by atoms with Gasteiger partial charge < -0.3 is 10.6 Å². The van der Waals surface area contributed by atoms with Crippen LogP contribution in [0.5, 0.6) is 0 Å². The van der Waals surface area contributed by atoms with Gasteiger partial charge in [0.25, 0.3) is 0 Å². The maximum absolute atomic E-state index is 11.6. The summed E-state index contributed by atoms with van der Waals surface area (Å²) in [6.45, 7) is 0.312. The highest BCUT2D eigenvalue weighted by atomic mass is 35.5. The number of carbonyl (C=O) groups is 1. The van der Waals surface area contributed by atoms with Gasteiger partial charge in [-0.15, -0.1) is 0 Å². The second-order valence-corrected chi connectivity index (χ2v) is 5.13. The Morgan fingerprint density at radius 3 is 2.65 bits per heavy atom. The predicted octanol–water partition coefficient (Wildman–Crippen LogP) is 2.32. The monoisotopic (exact) mass is 272 g/mol. The van der Waals surface area contributed by atoms with Crippen molar-refractivity contribution in [3.8, 4) is 0 Å². The van der Waals surface area contributed by atoms with Crippen LogP contribution in [0.25, 0.3) is 0 Å². The fraction of sp³-hybridized carbons (Fsp3) is 0.417. The van der Waals surface area contributed by atoms with E-state index < -0.39 is 0 Å². The highest BCUT2D eigenvalue weighted by Gasteiger charge is 2.46. The molecule has 1 fully saturated rings. The lowest BCUT2D eigenvalue weighted by Gasteiger charge is -2.19. The highest BCUT2D eigenvalue weighted by Crippen LogP contribution is 2.48. The van der Waals surface area contributed by atoms with Gasteiger partial charge in [-0.05, 0) is 37.6 Å². The Balaban J connectivity index is 2.18. The number of halogens is 2. The number of likely N-dealkylation sites (N-methyl/N-ethyl adjacent to an activating group) is 1. The Morgan fingerprint density at radius 1 is 1.41 bits per heavy atom. The molecular weight excluding hydrogens is 259 g/mol. The topological polar surface area (TPSA) is 41.1 Å². The van der Waals surface area contributed by atoms with Crippen LogP contribution in [0, 0.1) is 0 Å². The largest absolute Gasteiger partial charge is 0.345 e.